The number of amides is 4. The van der Waals surface area contributed by atoms with E-state index in [0.717, 1.165) is 16.5 Å². The van der Waals surface area contributed by atoms with E-state index in [4.69, 9.17) is 11.5 Å². The molecule has 44 heavy (non-hydrogen) atoms. The molecule has 0 spiro atoms. The summed E-state index contributed by atoms with van der Waals surface area (Å²) in [6.07, 6.45) is 2.08. The topological polar surface area (TPSA) is 230 Å². The number of nitrogens with one attached hydrogen (secondary N) is 4. The third-order valence-corrected chi connectivity index (χ3v) is 7.55. The van der Waals surface area contributed by atoms with E-state index < -0.39 is 59.7 Å². The number of primary amides is 1. The van der Waals surface area contributed by atoms with E-state index in [-0.39, 0.29) is 31.4 Å². The minimum atomic E-state index is -1.31. The van der Waals surface area contributed by atoms with Gasteiger partial charge in [0.15, 0.2) is 0 Å². The van der Waals surface area contributed by atoms with Crippen molar-refractivity contribution in [3.63, 3.8) is 0 Å². The Morgan fingerprint density at radius 3 is 2.18 bits per heavy atom. The van der Waals surface area contributed by atoms with Gasteiger partial charge in [0, 0.05) is 36.4 Å². The van der Waals surface area contributed by atoms with Gasteiger partial charge in [-0.1, -0.05) is 50.6 Å². The number of benzene rings is 2. The number of carbonyl (C=O) groups is 5. The number of phenolic OH excluding ortho intramolecular Hbond substituents is 1. The summed E-state index contributed by atoms with van der Waals surface area (Å²) in [6, 6.07) is 8.67. The van der Waals surface area contributed by atoms with E-state index >= 15 is 0 Å². The summed E-state index contributed by atoms with van der Waals surface area (Å²) in [5.74, 6) is -4.30. The lowest BCUT2D eigenvalue weighted by molar-refractivity contribution is -0.142. The van der Waals surface area contributed by atoms with Crippen LogP contribution in [0.4, 0.5) is 0 Å². The van der Waals surface area contributed by atoms with Crippen molar-refractivity contribution in [2.75, 3.05) is 0 Å². The Kier molecular flexibility index (Phi) is 11.9. The molecule has 0 aliphatic heterocycles. The lowest BCUT2D eigenvalue weighted by Gasteiger charge is -2.28. The number of hydrogen-bond donors (Lipinski definition) is 8. The van der Waals surface area contributed by atoms with E-state index in [2.05, 4.69) is 20.9 Å². The second kappa shape index (κ2) is 15.5. The van der Waals surface area contributed by atoms with Crippen LogP contribution in [0.25, 0.3) is 10.9 Å². The van der Waals surface area contributed by atoms with Gasteiger partial charge >= 0.3 is 5.97 Å². The number of aromatic amines is 1. The van der Waals surface area contributed by atoms with E-state index in [1.165, 1.54) is 12.1 Å². The molecule has 1 heterocycles. The molecule has 5 unspecified atom stereocenters. The molecule has 13 nitrogen and oxygen atoms in total. The quantitative estimate of drug-likeness (QED) is 0.116. The Balaban J connectivity index is 1.83. The number of nitrogens with two attached hydrogens (primary N) is 2. The smallest absolute Gasteiger partial charge is 0.326 e. The zero-order valence-electron chi connectivity index (χ0n) is 24.7. The molecule has 10 N–H and O–H groups in total. The van der Waals surface area contributed by atoms with Crippen LogP contribution in [0, 0.1) is 5.92 Å². The van der Waals surface area contributed by atoms with Gasteiger partial charge in [-0.2, -0.15) is 0 Å². The van der Waals surface area contributed by atoms with E-state index in [0.29, 0.717) is 12.0 Å². The van der Waals surface area contributed by atoms with Gasteiger partial charge in [0.2, 0.25) is 23.6 Å². The lowest BCUT2D eigenvalue weighted by atomic mass is 9.96. The first-order valence-electron chi connectivity index (χ1n) is 14.4. The molecule has 5 atom stereocenters. The van der Waals surface area contributed by atoms with E-state index in [9.17, 15) is 34.2 Å². The fourth-order valence-corrected chi connectivity index (χ4v) is 4.72. The molecule has 0 bridgehead atoms. The average Bonchev–Trinajstić information content (AvgIpc) is 3.40. The van der Waals surface area contributed by atoms with Crippen molar-refractivity contribution in [1.82, 2.24) is 20.9 Å². The third kappa shape index (κ3) is 9.30. The monoisotopic (exact) mass is 608 g/mol. The second-order valence-electron chi connectivity index (χ2n) is 10.9. The van der Waals surface area contributed by atoms with Crippen LogP contribution in [0.1, 0.15) is 44.2 Å². The zero-order valence-corrected chi connectivity index (χ0v) is 24.7. The fourth-order valence-electron chi connectivity index (χ4n) is 4.72. The zero-order chi connectivity index (χ0) is 32.4. The molecule has 3 aromatic rings. The molecule has 3 rings (SSSR count). The maximum Gasteiger partial charge on any atom is 0.326 e. The van der Waals surface area contributed by atoms with Crippen LogP contribution in [-0.4, -0.2) is 69.0 Å². The van der Waals surface area contributed by atoms with Gasteiger partial charge in [0.05, 0.1) is 6.04 Å². The molecule has 1 aromatic heterocycles. The summed E-state index contributed by atoms with van der Waals surface area (Å²) in [4.78, 5) is 66.5. The number of fused-ring (bicyclic) bond motifs is 1. The number of H-pyrrole nitrogens is 1. The maximum atomic E-state index is 13.7. The molecule has 2 aromatic carbocycles. The highest BCUT2D eigenvalue weighted by Crippen LogP contribution is 2.20. The lowest BCUT2D eigenvalue weighted by Crippen LogP contribution is -2.59. The van der Waals surface area contributed by atoms with E-state index in [1.54, 1.807) is 25.3 Å². The minimum absolute atomic E-state index is 0.0158. The van der Waals surface area contributed by atoms with Gasteiger partial charge in [-0.05, 0) is 41.7 Å². The Labute approximate surface area is 254 Å². The molecule has 0 aliphatic rings. The van der Waals surface area contributed by atoms with Gasteiger partial charge in [-0.15, -0.1) is 0 Å². The summed E-state index contributed by atoms with van der Waals surface area (Å²) >= 11 is 0. The summed E-state index contributed by atoms with van der Waals surface area (Å²) < 4.78 is 0. The largest absolute Gasteiger partial charge is 0.508 e. The van der Waals surface area contributed by atoms with Crippen molar-refractivity contribution in [3.05, 3.63) is 65.9 Å². The summed E-state index contributed by atoms with van der Waals surface area (Å²) in [5.41, 5.74) is 13.3. The molecular formula is C31H40N6O7. The molecule has 0 fully saturated rings. The SMILES string of the molecule is CCC(C)C(NC(=O)C(Cc1c[nH]c2ccccc12)NC(=O)C(N)CCC(N)=O)C(=O)NC(Cc1ccc(O)cc1)C(=O)O. The molecule has 4 amide bonds. The number of aromatic hydroxyl groups is 1. The number of carboxylic acids is 1. The Bertz CT molecular complexity index is 1470. The fraction of sp³-hybridized carbons (Fsp3) is 0.387. The molecular weight excluding hydrogens is 568 g/mol. The van der Waals surface area contributed by atoms with Crippen LogP contribution in [0.5, 0.6) is 5.75 Å². The number of aromatic nitrogens is 1. The second-order valence-corrected chi connectivity index (χ2v) is 10.9. The van der Waals surface area contributed by atoms with E-state index in [1.807, 2.05) is 31.2 Å². The van der Waals surface area contributed by atoms with Crippen LogP contribution in [-0.2, 0) is 36.8 Å². The Morgan fingerprint density at radius 2 is 1.55 bits per heavy atom. The van der Waals surface area contributed by atoms with Crippen molar-refractivity contribution in [2.24, 2.45) is 17.4 Å². The maximum absolute atomic E-state index is 13.7. The first kappa shape index (κ1) is 33.6. The minimum Gasteiger partial charge on any atom is -0.508 e. The van der Waals surface area contributed by atoms with Gasteiger partial charge in [0.1, 0.15) is 23.9 Å². The van der Waals surface area contributed by atoms with Crippen molar-refractivity contribution in [2.45, 2.75) is 70.1 Å². The predicted octanol–water partition coefficient (Wildman–Crippen LogP) is 0.837. The highest BCUT2D eigenvalue weighted by atomic mass is 16.4. The molecule has 0 saturated carbocycles. The van der Waals surface area contributed by atoms with Crippen LogP contribution < -0.4 is 27.4 Å². The van der Waals surface area contributed by atoms with Crippen LogP contribution in [0.3, 0.4) is 0 Å². The average molecular weight is 609 g/mol. The highest BCUT2D eigenvalue weighted by molar-refractivity contribution is 5.95. The highest BCUT2D eigenvalue weighted by Gasteiger charge is 2.33. The molecule has 0 aliphatic carbocycles. The number of carbonyl (C=O) groups excluding carboxylic acids is 4. The predicted molar refractivity (Wildman–Crippen MR) is 163 cm³/mol. The van der Waals surface area contributed by atoms with Crippen molar-refractivity contribution in [1.29, 1.82) is 0 Å². The first-order valence-corrected chi connectivity index (χ1v) is 14.4. The van der Waals surface area contributed by atoms with Gasteiger partial charge in [-0.3, -0.25) is 19.2 Å². The Hall–Kier alpha value is -4.91. The van der Waals surface area contributed by atoms with Crippen molar-refractivity contribution >= 4 is 40.5 Å². The molecule has 236 valence electrons. The van der Waals surface area contributed by atoms with Crippen LogP contribution in [0.15, 0.2) is 54.7 Å². The number of carboxylic acid groups (broad SMARTS) is 1. The molecule has 13 heteroatoms. The van der Waals surface area contributed by atoms with Gasteiger partial charge in [-0.25, -0.2) is 4.79 Å². The first-order chi connectivity index (χ1) is 20.9. The molecule has 0 saturated heterocycles. The standard InChI is InChI=1S/C31H40N6O7/c1-3-17(2)27(30(42)36-25(31(43)44)14-18-8-10-20(38)11-9-18)37-29(41)24(35-28(40)22(32)12-13-26(33)39)15-19-16-34-23-7-5-4-6-21(19)23/h4-11,16-17,22,24-25,27,34,38H,3,12-15,32H2,1-2H3,(H2,33,39)(H,35,40)(H,36,42)(H,37,41)(H,43,44). The molecule has 0 radical (unpaired) electrons. The summed E-state index contributed by atoms with van der Waals surface area (Å²) in [7, 11) is 0. The van der Waals surface area contributed by atoms with Crippen molar-refractivity contribution in [3.8, 4) is 5.75 Å². The van der Waals surface area contributed by atoms with Crippen LogP contribution >= 0.6 is 0 Å². The summed E-state index contributed by atoms with van der Waals surface area (Å²) in [6.45, 7) is 3.57. The number of para-hydroxylation sites is 1. The normalized spacial score (nSPS) is 14.5. The van der Waals surface area contributed by atoms with Crippen molar-refractivity contribution < 1.29 is 34.2 Å². The summed E-state index contributed by atoms with van der Waals surface area (Å²) in [5, 5.41) is 28.1. The number of phenols is 1. The van der Waals surface area contributed by atoms with Gasteiger partial charge in [0.25, 0.3) is 0 Å². The third-order valence-electron chi connectivity index (χ3n) is 7.55. The van der Waals surface area contributed by atoms with Gasteiger partial charge < -0.3 is 42.6 Å². The number of rotatable bonds is 16. The van der Waals surface area contributed by atoms with Crippen LogP contribution in [0.2, 0.25) is 0 Å². The number of aliphatic carboxylic acids is 1. The Morgan fingerprint density at radius 1 is 0.886 bits per heavy atom. The number of hydrogen-bond acceptors (Lipinski definition) is 7.